The average molecular weight is 404 g/mol. The Labute approximate surface area is 152 Å². The van der Waals surface area contributed by atoms with Crippen LogP contribution in [0.3, 0.4) is 0 Å². The molecule has 1 N–H and O–H groups in total. The summed E-state index contributed by atoms with van der Waals surface area (Å²) >= 11 is 0.974. The lowest BCUT2D eigenvalue weighted by molar-refractivity contribution is -0.137. The molecule has 2 aromatic rings. The number of thioether (sulfide) groups is 1. The van der Waals surface area contributed by atoms with E-state index in [1.54, 1.807) is 13.0 Å². The number of carbonyl (C=O) groups excluding carboxylic acids is 1. The van der Waals surface area contributed by atoms with E-state index >= 15 is 0 Å². The molecule has 0 spiro atoms. The van der Waals surface area contributed by atoms with Crippen molar-refractivity contribution in [3.63, 3.8) is 0 Å². The number of benzene rings is 1. The highest BCUT2D eigenvalue weighted by atomic mass is 32.2. The summed E-state index contributed by atoms with van der Waals surface area (Å²) in [6.45, 7) is 1.71. The second-order valence-electron chi connectivity index (χ2n) is 5.47. The summed E-state index contributed by atoms with van der Waals surface area (Å²) in [6.07, 6.45) is -2.69. The third kappa shape index (κ3) is 5.46. The van der Waals surface area contributed by atoms with Gasteiger partial charge in [-0.05, 0) is 36.8 Å². The summed E-state index contributed by atoms with van der Waals surface area (Å²) in [6, 6.07) is 6.48. The average Bonchev–Trinajstić information content (AvgIpc) is 2.53. The second-order valence-corrected chi connectivity index (χ2v) is 8.48. The normalized spacial score (nSPS) is 12.0. The molecule has 0 unspecified atom stereocenters. The van der Waals surface area contributed by atoms with Gasteiger partial charge >= 0.3 is 6.18 Å². The standard InChI is InChI=1S/C16H15F3N2O3S2/c1-10-3-5-12(26(2,23)24)7-13(10)21-14(22)9-25-15-6-4-11(8-20-15)16(17,18)19/h3-8H,9H2,1-2H3,(H,21,22). The minimum Gasteiger partial charge on any atom is -0.325 e. The van der Waals surface area contributed by atoms with E-state index in [0.29, 0.717) is 17.4 Å². The van der Waals surface area contributed by atoms with Crippen molar-refractivity contribution in [3.8, 4) is 0 Å². The van der Waals surface area contributed by atoms with Crippen LogP contribution in [-0.2, 0) is 20.8 Å². The summed E-state index contributed by atoms with van der Waals surface area (Å²) in [5, 5.41) is 2.87. The lowest BCUT2D eigenvalue weighted by atomic mass is 10.2. The first-order valence-electron chi connectivity index (χ1n) is 7.23. The maximum atomic E-state index is 12.5. The Morgan fingerprint density at radius 3 is 2.46 bits per heavy atom. The first-order valence-corrected chi connectivity index (χ1v) is 10.1. The van der Waals surface area contributed by atoms with Gasteiger partial charge in [0.2, 0.25) is 5.91 Å². The highest BCUT2D eigenvalue weighted by molar-refractivity contribution is 7.99. The lowest BCUT2D eigenvalue weighted by Crippen LogP contribution is -2.15. The molecule has 0 saturated carbocycles. The Kier molecular flexibility index (Phi) is 5.97. The smallest absolute Gasteiger partial charge is 0.325 e. The van der Waals surface area contributed by atoms with Gasteiger partial charge in [0.15, 0.2) is 9.84 Å². The molecule has 0 atom stereocenters. The minimum atomic E-state index is -4.46. The molecular weight excluding hydrogens is 389 g/mol. The molecule has 1 aromatic carbocycles. The van der Waals surface area contributed by atoms with Crippen LogP contribution in [0, 0.1) is 6.92 Å². The summed E-state index contributed by atoms with van der Waals surface area (Å²) < 4.78 is 60.6. The fourth-order valence-corrected chi connectivity index (χ4v) is 3.22. The number of halogens is 3. The third-order valence-corrected chi connectivity index (χ3v) is 5.38. The van der Waals surface area contributed by atoms with E-state index in [0.717, 1.165) is 24.1 Å². The Morgan fingerprint density at radius 1 is 1.23 bits per heavy atom. The van der Waals surface area contributed by atoms with Crippen LogP contribution in [0.2, 0.25) is 0 Å². The van der Waals surface area contributed by atoms with Gasteiger partial charge < -0.3 is 5.32 Å². The predicted octanol–water partition coefficient (Wildman–Crippen LogP) is 3.54. The van der Waals surface area contributed by atoms with E-state index in [1.807, 2.05) is 0 Å². The Morgan fingerprint density at radius 2 is 1.92 bits per heavy atom. The maximum absolute atomic E-state index is 12.5. The maximum Gasteiger partial charge on any atom is 0.417 e. The summed E-state index contributed by atoms with van der Waals surface area (Å²) in [5.41, 5.74) is 0.182. The van der Waals surface area contributed by atoms with Crippen LogP contribution in [0.25, 0.3) is 0 Å². The van der Waals surface area contributed by atoms with Crippen LogP contribution in [0.1, 0.15) is 11.1 Å². The molecule has 26 heavy (non-hydrogen) atoms. The molecule has 10 heteroatoms. The van der Waals surface area contributed by atoms with Crippen molar-refractivity contribution in [2.24, 2.45) is 0 Å². The number of amides is 1. The van der Waals surface area contributed by atoms with E-state index < -0.39 is 27.5 Å². The van der Waals surface area contributed by atoms with Crippen LogP contribution in [0.5, 0.6) is 0 Å². The highest BCUT2D eigenvalue weighted by Crippen LogP contribution is 2.29. The van der Waals surface area contributed by atoms with Gasteiger partial charge in [-0.2, -0.15) is 13.2 Å². The van der Waals surface area contributed by atoms with Gasteiger partial charge in [0.25, 0.3) is 0 Å². The van der Waals surface area contributed by atoms with E-state index in [2.05, 4.69) is 10.3 Å². The fourth-order valence-electron chi connectivity index (χ4n) is 1.93. The van der Waals surface area contributed by atoms with Gasteiger partial charge in [0.05, 0.1) is 21.2 Å². The topological polar surface area (TPSA) is 76.1 Å². The third-order valence-electron chi connectivity index (χ3n) is 3.33. The van der Waals surface area contributed by atoms with Crippen molar-refractivity contribution in [2.45, 2.75) is 23.0 Å². The van der Waals surface area contributed by atoms with Gasteiger partial charge in [-0.15, -0.1) is 0 Å². The number of anilines is 1. The zero-order valence-electron chi connectivity index (χ0n) is 13.8. The molecule has 0 aliphatic heterocycles. The zero-order chi connectivity index (χ0) is 19.5. The molecule has 0 bridgehead atoms. The van der Waals surface area contributed by atoms with Crippen LogP contribution in [0.15, 0.2) is 46.5 Å². The molecule has 0 radical (unpaired) electrons. The molecule has 5 nitrogen and oxygen atoms in total. The Hall–Kier alpha value is -2.07. The number of aryl methyl sites for hydroxylation is 1. The number of pyridine rings is 1. The van der Waals surface area contributed by atoms with E-state index in [9.17, 15) is 26.4 Å². The number of hydrogen-bond acceptors (Lipinski definition) is 5. The molecule has 0 aliphatic carbocycles. The monoisotopic (exact) mass is 404 g/mol. The van der Waals surface area contributed by atoms with Crippen molar-refractivity contribution >= 4 is 33.2 Å². The van der Waals surface area contributed by atoms with Gasteiger partial charge in [0.1, 0.15) is 0 Å². The minimum absolute atomic E-state index is 0.0791. The Balaban J connectivity index is 2.01. The molecule has 1 aromatic heterocycles. The van der Waals surface area contributed by atoms with E-state index in [1.165, 1.54) is 18.2 Å². The van der Waals surface area contributed by atoms with Crippen molar-refractivity contribution in [3.05, 3.63) is 47.7 Å². The zero-order valence-corrected chi connectivity index (χ0v) is 15.4. The van der Waals surface area contributed by atoms with E-state index in [4.69, 9.17) is 0 Å². The first-order chi connectivity index (χ1) is 12.0. The molecule has 0 aliphatic rings. The van der Waals surface area contributed by atoms with Crippen molar-refractivity contribution < 1.29 is 26.4 Å². The van der Waals surface area contributed by atoms with Gasteiger partial charge in [-0.25, -0.2) is 13.4 Å². The summed E-state index contributed by atoms with van der Waals surface area (Å²) in [5.74, 6) is -0.508. The molecule has 1 amide bonds. The summed E-state index contributed by atoms with van der Waals surface area (Å²) in [7, 11) is -3.41. The van der Waals surface area contributed by atoms with Crippen molar-refractivity contribution in [1.82, 2.24) is 4.98 Å². The van der Waals surface area contributed by atoms with Crippen LogP contribution >= 0.6 is 11.8 Å². The van der Waals surface area contributed by atoms with Gasteiger partial charge in [-0.3, -0.25) is 4.79 Å². The number of aromatic nitrogens is 1. The van der Waals surface area contributed by atoms with Crippen molar-refractivity contribution in [1.29, 1.82) is 0 Å². The number of rotatable bonds is 5. The van der Waals surface area contributed by atoms with E-state index in [-0.39, 0.29) is 15.7 Å². The Bertz CT molecular complexity index is 911. The number of sulfone groups is 1. The quantitative estimate of drug-likeness (QED) is 0.772. The largest absolute Gasteiger partial charge is 0.417 e. The molecule has 2 rings (SSSR count). The number of alkyl halides is 3. The molecule has 140 valence electrons. The number of nitrogens with zero attached hydrogens (tertiary/aromatic N) is 1. The number of carbonyl (C=O) groups is 1. The molecular formula is C16H15F3N2O3S2. The van der Waals surface area contributed by atoms with Crippen molar-refractivity contribution in [2.75, 3.05) is 17.3 Å². The van der Waals surface area contributed by atoms with Crippen LogP contribution in [0.4, 0.5) is 18.9 Å². The fraction of sp³-hybridized carbons (Fsp3) is 0.250. The second kappa shape index (κ2) is 7.67. The number of hydrogen-bond donors (Lipinski definition) is 1. The number of nitrogens with one attached hydrogen (secondary N) is 1. The van der Waals surface area contributed by atoms with Gasteiger partial charge in [0, 0.05) is 18.1 Å². The van der Waals surface area contributed by atoms with Crippen LogP contribution in [-0.4, -0.2) is 31.3 Å². The first kappa shape index (κ1) is 20.2. The molecule has 1 heterocycles. The van der Waals surface area contributed by atoms with Gasteiger partial charge in [-0.1, -0.05) is 17.8 Å². The predicted molar refractivity (Wildman–Crippen MR) is 92.9 cm³/mol. The van der Waals surface area contributed by atoms with Crippen LogP contribution < -0.4 is 5.32 Å². The summed E-state index contributed by atoms with van der Waals surface area (Å²) in [4.78, 5) is 15.8. The highest BCUT2D eigenvalue weighted by Gasteiger charge is 2.30. The SMILES string of the molecule is Cc1ccc(S(C)(=O)=O)cc1NC(=O)CSc1ccc(C(F)(F)F)cn1. The molecule has 0 fully saturated rings. The molecule has 0 saturated heterocycles. The lowest BCUT2D eigenvalue weighted by Gasteiger charge is -2.10.